The lowest BCUT2D eigenvalue weighted by molar-refractivity contribution is -0.137. The van der Waals surface area contributed by atoms with Crippen molar-refractivity contribution >= 4 is 53.2 Å². The SMILES string of the molecule is CC(C)C(NC(=O)CCCCCN1C(=O)C=CC1=O)C(=O)NC(CCCNC(N)=O)C(=O)Nc1ccc(COC(=O)OCC2CC(F)(F)C(n3ccc(N)nc3=O)O2)cc1. The summed E-state index contributed by atoms with van der Waals surface area (Å²) in [5.74, 6) is -6.33. The first-order chi connectivity index (χ1) is 28.4. The molecule has 4 unspecified atom stereocenters. The molecule has 1 saturated heterocycles. The number of rotatable bonds is 21. The number of alkyl halides is 2. The fraction of sp³-hybridized carbons (Fsp3) is 0.500. The van der Waals surface area contributed by atoms with Gasteiger partial charge in [0.15, 0.2) is 0 Å². The van der Waals surface area contributed by atoms with Crippen LogP contribution in [0.25, 0.3) is 0 Å². The Morgan fingerprint density at radius 3 is 2.30 bits per heavy atom. The molecule has 0 bridgehead atoms. The Morgan fingerprint density at radius 1 is 0.950 bits per heavy atom. The maximum absolute atomic E-state index is 14.6. The second-order valence-corrected chi connectivity index (χ2v) is 14.4. The van der Waals surface area contributed by atoms with Gasteiger partial charge < -0.3 is 46.9 Å². The topological polar surface area (TPSA) is 285 Å². The van der Waals surface area contributed by atoms with Gasteiger partial charge in [0.2, 0.25) is 23.9 Å². The molecule has 0 radical (unpaired) electrons. The number of ether oxygens (including phenoxy) is 3. The number of carbonyl (C=O) groups is 7. The Bertz CT molecular complexity index is 1960. The number of unbranched alkanes of at least 4 members (excludes halogenated alkanes) is 2. The molecule has 1 aromatic heterocycles. The number of halogens is 2. The number of urea groups is 1. The fourth-order valence-electron chi connectivity index (χ4n) is 6.18. The van der Waals surface area contributed by atoms with Crippen molar-refractivity contribution in [1.82, 2.24) is 30.4 Å². The summed E-state index contributed by atoms with van der Waals surface area (Å²) >= 11 is 0. The minimum Gasteiger partial charge on any atom is -0.432 e. The molecular formula is C38H49F2N9O11. The number of nitrogens with two attached hydrogens (primary N) is 2. The predicted molar refractivity (Wildman–Crippen MR) is 207 cm³/mol. The minimum absolute atomic E-state index is 0.0868. The minimum atomic E-state index is -3.47. The second kappa shape index (κ2) is 21.5. The number of primary amides is 1. The van der Waals surface area contributed by atoms with Crippen molar-refractivity contribution in [3.63, 3.8) is 0 Å². The average molecular weight is 846 g/mol. The summed E-state index contributed by atoms with van der Waals surface area (Å²) in [6.07, 6.45) is 0.170. The summed E-state index contributed by atoms with van der Waals surface area (Å²) in [5, 5.41) is 10.5. The Balaban J connectivity index is 1.24. The predicted octanol–water partition coefficient (Wildman–Crippen LogP) is 1.60. The first-order valence-corrected chi connectivity index (χ1v) is 19.2. The molecule has 1 aromatic carbocycles. The standard InChI is InChI=1S/C38H49F2N9O11/c1-22(2)31(47-28(50)8-4-3-5-17-48-29(51)13-14-30(48)52)33(54)45-26(7-6-16-43-35(42)55)32(53)44-24-11-9-23(10-12-24)20-58-37(57)59-21-25-19-38(39,40)34(60-25)49-18-15-27(41)46-36(49)56/h9-15,18,22,25-26,31,34H,3-8,16-17,19-21H2,1-2H3,(H,44,53)(H,45,54)(H,47,50)(H2,41,46,56)(H3,42,43,55). The van der Waals surface area contributed by atoms with E-state index < -0.39 is 79.0 Å². The zero-order chi connectivity index (χ0) is 44.0. The van der Waals surface area contributed by atoms with Gasteiger partial charge in [0.05, 0.1) is 0 Å². The number of hydrogen-bond acceptors (Lipinski definition) is 13. The number of imide groups is 1. The number of benzene rings is 1. The highest BCUT2D eigenvalue weighted by atomic mass is 19.3. The average Bonchev–Trinajstić information content (AvgIpc) is 3.67. The van der Waals surface area contributed by atoms with Crippen molar-refractivity contribution in [3.8, 4) is 0 Å². The van der Waals surface area contributed by atoms with E-state index in [1.807, 2.05) is 0 Å². The van der Waals surface area contributed by atoms with Gasteiger partial charge in [-0.25, -0.2) is 23.2 Å². The fourth-order valence-corrected chi connectivity index (χ4v) is 6.18. The van der Waals surface area contributed by atoms with E-state index in [2.05, 4.69) is 26.3 Å². The number of nitrogens with zero attached hydrogens (tertiary/aromatic N) is 3. The third-order valence-corrected chi connectivity index (χ3v) is 9.31. The maximum Gasteiger partial charge on any atom is 0.508 e. The molecule has 4 rings (SSSR count). The largest absolute Gasteiger partial charge is 0.508 e. The summed E-state index contributed by atoms with van der Waals surface area (Å²) in [6.45, 7) is 2.95. The number of aromatic nitrogens is 2. The lowest BCUT2D eigenvalue weighted by Crippen LogP contribution is -2.54. The molecule has 2 aliphatic rings. The van der Waals surface area contributed by atoms with Gasteiger partial charge in [-0.3, -0.25) is 33.4 Å². The number of hydrogen-bond donors (Lipinski definition) is 6. The van der Waals surface area contributed by atoms with E-state index in [4.69, 9.17) is 25.7 Å². The summed E-state index contributed by atoms with van der Waals surface area (Å²) in [5.41, 5.74) is 10.3. The third kappa shape index (κ3) is 13.8. The van der Waals surface area contributed by atoms with Crippen molar-refractivity contribution in [2.45, 2.75) is 95.7 Å². The van der Waals surface area contributed by atoms with E-state index >= 15 is 0 Å². The molecule has 326 valence electrons. The molecule has 8 N–H and O–H groups in total. The van der Waals surface area contributed by atoms with E-state index in [1.54, 1.807) is 13.8 Å². The first kappa shape index (κ1) is 46.2. The van der Waals surface area contributed by atoms with Gasteiger partial charge >= 0.3 is 17.9 Å². The quantitative estimate of drug-likeness (QED) is 0.0592. The highest BCUT2D eigenvalue weighted by Crippen LogP contribution is 2.42. The van der Waals surface area contributed by atoms with Gasteiger partial charge in [0.25, 0.3) is 17.7 Å². The van der Waals surface area contributed by atoms with Crippen LogP contribution in [0.3, 0.4) is 0 Å². The van der Waals surface area contributed by atoms with Gasteiger partial charge in [-0.1, -0.05) is 32.4 Å². The van der Waals surface area contributed by atoms with Gasteiger partial charge in [-0.15, -0.1) is 0 Å². The molecule has 2 aliphatic heterocycles. The zero-order valence-corrected chi connectivity index (χ0v) is 33.0. The molecule has 1 fully saturated rings. The molecule has 22 heteroatoms. The molecular weight excluding hydrogens is 796 g/mol. The molecule has 2 aromatic rings. The molecule has 0 spiro atoms. The van der Waals surface area contributed by atoms with Crippen LogP contribution in [-0.2, 0) is 44.8 Å². The molecule has 0 aliphatic carbocycles. The number of carbonyl (C=O) groups excluding carboxylic acids is 7. The van der Waals surface area contributed by atoms with Crippen LogP contribution in [0.2, 0.25) is 0 Å². The van der Waals surface area contributed by atoms with Crippen molar-refractivity contribution in [3.05, 3.63) is 64.7 Å². The van der Waals surface area contributed by atoms with E-state index in [1.165, 1.54) is 42.5 Å². The number of anilines is 2. The van der Waals surface area contributed by atoms with Gasteiger partial charge in [0.1, 0.15) is 37.2 Å². The molecule has 3 heterocycles. The smallest absolute Gasteiger partial charge is 0.432 e. The molecule has 4 atom stereocenters. The zero-order valence-electron chi connectivity index (χ0n) is 33.0. The second-order valence-electron chi connectivity index (χ2n) is 14.4. The lowest BCUT2D eigenvalue weighted by atomic mass is 10.0. The number of amides is 7. The summed E-state index contributed by atoms with van der Waals surface area (Å²) < 4.78 is 45.2. The Hall–Kier alpha value is -6.45. The van der Waals surface area contributed by atoms with Gasteiger partial charge in [-0.05, 0) is 55.4 Å². The van der Waals surface area contributed by atoms with Gasteiger partial charge in [-0.2, -0.15) is 4.98 Å². The van der Waals surface area contributed by atoms with Gasteiger partial charge in [0, 0.05) is 50.0 Å². The monoisotopic (exact) mass is 845 g/mol. The summed E-state index contributed by atoms with van der Waals surface area (Å²) in [4.78, 5) is 103. The molecule has 60 heavy (non-hydrogen) atoms. The van der Waals surface area contributed by atoms with E-state index in [0.29, 0.717) is 35.1 Å². The Labute approximate surface area is 342 Å². The first-order valence-electron chi connectivity index (χ1n) is 19.2. The van der Waals surface area contributed by atoms with Crippen LogP contribution >= 0.6 is 0 Å². The number of nitrogen functional groups attached to an aromatic ring is 1. The van der Waals surface area contributed by atoms with Crippen molar-refractivity contribution < 1.29 is 56.6 Å². The summed E-state index contributed by atoms with van der Waals surface area (Å²) in [6, 6.07) is 4.39. The van der Waals surface area contributed by atoms with E-state index in [0.717, 1.165) is 11.1 Å². The lowest BCUT2D eigenvalue weighted by Gasteiger charge is -2.25. The van der Waals surface area contributed by atoms with Crippen molar-refractivity contribution in [2.24, 2.45) is 11.7 Å². The van der Waals surface area contributed by atoms with Crippen molar-refractivity contribution in [2.75, 3.05) is 30.7 Å². The van der Waals surface area contributed by atoms with Crippen LogP contribution in [0.1, 0.15) is 70.6 Å². The highest BCUT2D eigenvalue weighted by molar-refractivity contribution is 6.12. The number of nitrogens with one attached hydrogen (secondary N) is 4. The highest BCUT2D eigenvalue weighted by Gasteiger charge is 2.52. The molecule has 0 saturated carbocycles. The van der Waals surface area contributed by atoms with Crippen LogP contribution in [0.4, 0.5) is 29.9 Å². The van der Waals surface area contributed by atoms with Crippen LogP contribution in [-0.4, -0.2) is 100.0 Å². The Morgan fingerprint density at radius 2 is 1.65 bits per heavy atom. The molecule has 20 nitrogen and oxygen atoms in total. The normalized spacial score (nSPS) is 17.9. The molecule has 7 amide bonds. The Kier molecular flexibility index (Phi) is 16.6. The van der Waals surface area contributed by atoms with Crippen molar-refractivity contribution in [1.29, 1.82) is 0 Å². The third-order valence-electron chi connectivity index (χ3n) is 9.31. The van der Waals surface area contributed by atoms with Crippen LogP contribution in [0.5, 0.6) is 0 Å². The summed E-state index contributed by atoms with van der Waals surface area (Å²) in [7, 11) is 0. The van der Waals surface area contributed by atoms with E-state index in [9.17, 15) is 47.1 Å². The van der Waals surface area contributed by atoms with Crippen LogP contribution in [0.15, 0.2) is 53.5 Å². The maximum atomic E-state index is 14.6. The van der Waals surface area contributed by atoms with Crippen LogP contribution in [0, 0.1) is 5.92 Å². The van der Waals surface area contributed by atoms with Crippen LogP contribution < -0.4 is 38.4 Å². The van der Waals surface area contributed by atoms with E-state index in [-0.39, 0.29) is 62.5 Å².